The Hall–Kier alpha value is -1.68. The van der Waals surface area contributed by atoms with Gasteiger partial charge in [0.05, 0.1) is 5.92 Å². The van der Waals surface area contributed by atoms with Crippen molar-refractivity contribution < 1.29 is 9.59 Å². The monoisotopic (exact) mass is 286 g/mol. The summed E-state index contributed by atoms with van der Waals surface area (Å²) in [6.45, 7) is 2.30. The van der Waals surface area contributed by atoms with Gasteiger partial charge in [0.1, 0.15) is 0 Å². The van der Waals surface area contributed by atoms with Crippen LogP contribution in [0.4, 0.5) is 0 Å². The van der Waals surface area contributed by atoms with Crippen molar-refractivity contribution in [3.8, 4) is 0 Å². The van der Waals surface area contributed by atoms with E-state index in [0.29, 0.717) is 18.8 Å². The van der Waals surface area contributed by atoms with Gasteiger partial charge in [-0.05, 0) is 56.4 Å². The van der Waals surface area contributed by atoms with Gasteiger partial charge in [-0.15, -0.1) is 0 Å². The highest BCUT2D eigenvalue weighted by molar-refractivity contribution is 6.00. The molecule has 0 aromatic heterocycles. The average Bonchev–Trinajstić information content (AvgIpc) is 2.48. The van der Waals surface area contributed by atoms with Gasteiger partial charge in [-0.2, -0.15) is 0 Å². The summed E-state index contributed by atoms with van der Waals surface area (Å²) in [6.07, 6.45) is 3.47. The van der Waals surface area contributed by atoms with Crippen molar-refractivity contribution in [3.05, 3.63) is 35.4 Å². The molecule has 1 unspecified atom stereocenters. The van der Waals surface area contributed by atoms with E-state index in [0.717, 1.165) is 18.7 Å². The molecule has 2 fully saturated rings. The van der Waals surface area contributed by atoms with Crippen molar-refractivity contribution >= 4 is 11.8 Å². The molecule has 1 N–H and O–H groups in total. The highest BCUT2D eigenvalue weighted by Crippen LogP contribution is 2.30. The van der Waals surface area contributed by atoms with Gasteiger partial charge < -0.3 is 4.90 Å². The van der Waals surface area contributed by atoms with Crippen LogP contribution in [0.1, 0.15) is 48.6 Å². The lowest BCUT2D eigenvalue weighted by molar-refractivity contribution is -0.134. The molecule has 2 saturated heterocycles. The molecular formula is C17H22N2O2. The molecule has 21 heavy (non-hydrogen) atoms. The lowest BCUT2D eigenvalue weighted by atomic mass is 9.86. The van der Waals surface area contributed by atoms with E-state index in [-0.39, 0.29) is 17.7 Å². The summed E-state index contributed by atoms with van der Waals surface area (Å²) >= 11 is 0. The number of piperidine rings is 2. The van der Waals surface area contributed by atoms with Crippen LogP contribution < -0.4 is 5.32 Å². The van der Waals surface area contributed by atoms with Crippen LogP contribution in [-0.2, 0) is 9.59 Å². The normalized spacial score (nSPS) is 24.9. The third kappa shape index (κ3) is 3.16. The number of carbonyl (C=O) groups is 2. The Morgan fingerprint density at radius 2 is 1.62 bits per heavy atom. The fraction of sp³-hybridized carbons (Fsp3) is 0.529. The second-order valence-electron chi connectivity index (χ2n) is 6.25. The minimum atomic E-state index is -0.172. The Bertz CT molecular complexity index is 530. The number of hydrogen-bond acceptors (Lipinski definition) is 3. The van der Waals surface area contributed by atoms with E-state index in [9.17, 15) is 9.59 Å². The van der Waals surface area contributed by atoms with Crippen LogP contribution in [0.3, 0.4) is 0 Å². The van der Waals surface area contributed by atoms with Gasteiger partial charge in [-0.1, -0.05) is 24.3 Å². The molecule has 112 valence electrons. The Morgan fingerprint density at radius 1 is 1.00 bits per heavy atom. The Morgan fingerprint density at radius 3 is 2.24 bits per heavy atom. The van der Waals surface area contributed by atoms with Crippen LogP contribution >= 0.6 is 0 Å². The minimum Gasteiger partial charge on any atom is -0.306 e. The van der Waals surface area contributed by atoms with Crippen molar-refractivity contribution in [1.82, 2.24) is 10.2 Å². The van der Waals surface area contributed by atoms with E-state index < -0.39 is 0 Å². The first-order valence-electron chi connectivity index (χ1n) is 7.75. The van der Waals surface area contributed by atoms with E-state index in [4.69, 9.17) is 0 Å². The van der Waals surface area contributed by atoms with Gasteiger partial charge in [0.15, 0.2) is 0 Å². The zero-order valence-electron chi connectivity index (χ0n) is 12.5. The van der Waals surface area contributed by atoms with E-state index in [1.807, 2.05) is 0 Å². The summed E-state index contributed by atoms with van der Waals surface area (Å²) in [4.78, 5) is 25.5. The highest BCUT2D eigenvalue weighted by Gasteiger charge is 2.28. The third-order valence-electron chi connectivity index (χ3n) is 4.77. The van der Waals surface area contributed by atoms with Gasteiger partial charge in [-0.25, -0.2) is 0 Å². The first-order chi connectivity index (χ1) is 10.1. The minimum absolute atomic E-state index is 0.154. The van der Waals surface area contributed by atoms with E-state index in [1.165, 1.54) is 18.4 Å². The standard InChI is InChI=1S/C17H22N2O2/c1-19-10-8-13(9-11-19)12-2-4-14(5-3-12)15-6-7-16(20)18-17(15)21/h2-5,13,15H,6-11H2,1H3,(H,18,20,21). The zero-order chi connectivity index (χ0) is 14.8. The lowest BCUT2D eigenvalue weighted by Crippen LogP contribution is -2.39. The molecule has 4 nitrogen and oxygen atoms in total. The summed E-state index contributed by atoms with van der Waals surface area (Å²) in [5.74, 6) is 0.156. The van der Waals surface area contributed by atoms with Crippen molar-refractivity contribution in [1.29, 1.82) is 0 Å². The summed E-state index contributed by atoms with van der Waals surface area (Å²) in [5, 5.41) is 2.43. The van der Waals surface area contributed by atoms with Crippen molar-refractivity contribution in [2.24, 2.45) is 0 Å². The van der Waals surface area contributed by atoms with Crippen LogP contribution in [0, 0.1) is 0 Å². The molecule has 3 rings (SSSR count). The topological polar surface area (TPSA) is 49.4 Å². The maximum absolute atomic E-state index is 11.9. The smallest absolute Gasteiger partial charge is 0.234 e. The molecule has 1 aromatic carbocycles. The highest BCUT2D eigenvalue weighted by atomic mass is 16.2. The number of amides is 2. The number of nitrogens with one attached hydrogen (secondary N) is 1. The first-order valence-corrected chi connectivity index (χ1v) is 7.75. The molecule has 0 spiro atoms. The Kier molecular flexibility index (Phi) is 4.06. The maximum atomic E-state index is 11.9. The van der Waals surface area contributed by atoms with Crippen molar-refractivity contribution in [3.63, 3.8) is 0 Å². The molecule has 0 aliphatic carbocycles. The summed E-state index contributed by atoms with van der Waals surface area (Å²) in [7, 11) is 2.17. The number of nitrogens with zero attached hydrogens (tertiary/aromatic N) is 1. The average molecular weight is 286 g/mol. The zero-order valence-corrected chi connectivity index (χ0v) is 12.5. The number of imide groups is 1. The molecule has 1 atom stereocenters. The van der Waals surface area contributed by atoms with Gasteiger partial charge in [-0.3, -0.25) is 14.9 Å². The number of benzene rings is 1. The van der Waals surface area contributed by atoms with E-state index >= 15 is 0 Å². The van der Waals surface area contributed by atoms with Crippen molar-refractivity contribution in [2.75, 3.05) is 20.1 Å². The fourth-order valence-corrected chi connectivity index (χ4v) is 3.35. The molecular weight excluding hydrogens is 264 g/mol. The maximum Gasteiger partial charge on any atom is 0.234 e. The van der Waals surface area contributed by atoms with Crippen LogP contribution in [0.2, 0.25) is 0 Å². The third-order valence-corrected chi connectivity index (χ3v) is 4.77. The van der Waals surface area contributed by atoms with Crippen molar-refractivity contribution in [2.45, 2.75) is 37.5 Å². The second-order valence-corrected chi connectivity index (χ2v) is 6.25. The molecule has 4 heteroatoms. The predicted octanol–water partition coefficient (Wildman–Crippen LogP) is 2.02. The first kappa shape index (κ1) is 14.3. The molecule has 0 radical (unpaired) electrons. The predicted molar refractivity (Wildman–Crippen MR) is 81.0 cm³/mol. The van der Waals surface area contributed by atoms with Gasteiger partial charge in [0.2, 0.25) is 11.8 Å². The second kappa shape index (κ2) is 5.98. The summed E-state index contributed by atoms with van der Waals surface area (Å²) in [5.41, 5.74) is 2.40. The van der Waals surface area contributed by atoms with Crippen LogP contribution in [0.25, 0.3) is 0 Å². The molecule has 0 saturated carbocycles. The number of carbonyl (C=O) groups excluding carboxylic acids is 2. The largest absolute Gasteiger partial charge is 0.306 e. The van der Waals surface area contributed by atoms with Crippen LogP contribution in [0.5, 0.6) is 0 Å². The molecule has 2 aliphatic heterocycles. The summed E-state index contributed by atoms with van der Waals surface area (Å²) in [6, 6.07) is 8.45. The number of likely N-dealkylation sites (tertiary alicyclic amines) is 1. The Balaban J connectivity index is 1.69. The van der Waals surface area contributed by atoms with Gasteiger partial charge >= 0.3 is 0 Å². The van der Waals surface area contributed by atoms with Gasteiger partial charge in [0, 0.05) is 6.42 Å². The van der Waals surface area contributed by atoms with E-state index in [1.54, 1.807) is 0 Å². The van der Waals surface area contributed by atoms with Crippen LogP contribution in [0.15, 0.2) is 24.3 Å². The fourth-order valence-electron chi connectivity index (χ4n) is 3.35. The molecule has 0 bridgehead atoms. The quantitative estimate of drug-likeness (QED) is 0.846. The molecule has 1 aromatic rings. The molecule has 2 aliphatic rings. The SMILES string of the molecule is CN1CCC(c2ccc(C3CCC(=O)NC3=O)cc2)CC1. The summed E-state index contributed by atoms with van der Waals surface area (Å²) < 4.78 is 0. The lowest BCUT2D eigenvalue weighted by Gasteiger charge is -2.29. The van der Waals surface area contributed by atoms with E-state index in [2.05, 4.69) is 41.5 Å². The Labute approximate surface area is 125 Å². The van der Waals surface area contributed by atoms with Gasteiger partial charge in [0.25, 0.3) is 0 Å². The number of hydrogen-bond donors (Lipinski definition) is 1. The van der Waals surface area contributed by atoms with Crippen LogP contribution in [-0.4, -0.2) is 36.9 Å². The molecule has 2 heterocycles. The number of rotatable bonds is 2. The molecule has 2 amide bonds.